The molecule has 0 N–H and O–H groups in total. The topological polar surface area (TPSA) is 41.0 Å². The van der Waals surface area contributed by atoms with Crippen LogP contribution in [0.5, 0.6) is 0 Å². The molecule has 0 amide bonds. The number of halogens is 1. The van der Waals surface area contributed by atoms with Gasteiger partial charge < -0.3 is 9.64 Å². The van der Waals surface area contributed by atoms with E-state index >= 15 is 0 Å². The van der Waals surface area contributed by atoms with Gasteiger partial charge in [-0.2, -0.15) is 0 Å². The van der Waals surface area contributed by atoms with Gasteiger partial charge in [-0.1, -0.05) is 11.6 Å². The minimum absolute atomic E-state index is 0.426. The highest BCUT2D eigenvalue weighted by Crippen LogP contribution is 2.28. The number of aliphatic imine (C=N–C) groups is 1. The Bertz CT molecular complexity index is 485. The van der Waals surface area contributed by atoms with E-state index in [1.807, 2.05) is 23.1 Å². The van der Waals surface area contributed by atoms with Gasteiger partial charge in [-0.3, -0.25) is 14.9 Å². The van der Waals surface area contributed by atoms with E-state index in [9.17, 15) is 0 Å². The molecule has 3 heterocycles. The Labute approximate surface area is 117 Å². The van der Waals surface area contributed by atoms with Crippen molar-refractivity contribution in [3.05, 3.63) is 36.4 Å². The van der Waals surface area contributed by atoms with E-state index in [1.165, 1.54) is 0 Å². The highest BCUT2D eigenvalue weighted by molar-refractivity contribution is 6.22. The molecule has 5 nitrogen and oxygen atoms in total. The summed E-state index contributed by atoms with van der Waals surface area (Å²) in [5.41, 5.74) is 0.565. The summed E-state index contributed by atoms with van der Waals surface area (Å²) in [4.78, 5) is 12.6. The van der Waals surface area contributed by atoms with Crippen LogP contribution in [0.25, 0.3) is 0 Å². The second-order valence-electron chi connectivity index (χ2n) is 4.31. The van der Waals surface area contributed by atoms with Crippen molar-refractivity contribution in [3.8, 4) is 0 Å². The third-order valence-electron chi connectivity index (χ3n) is 3.17. The summed E-state index contributed by atoms with van der Waals surface area (Å²) in [5.74, 6) is 1.06. The molecule has 3 rings (SSSR count). The highest BCUT2D eigenvalue weighted by Gasteiger charge is 2.26. The lowest BCUT2D eigenvalue weighted by molar-refractivity contribution is 0.0522. The number of allylic oxidation sites excluding steroid dienone is 1. The molecule has 0 spiro atoms. The minimum Gasteiger partial charge on any atom is -0.378 e. The summed E-state index contributed by atoms with van der Waals surface area (Å²) in [5, 5.41) is 0. The van der Waals surface area contributed by atoms with E-state index in [0.717, 1.165) is 37.8 Å². The molecule has 0 saturated carbocycles. The molecule has 1 unspecified atom stereocenters. The molecular weight excluding hydrogens is 264 g/mol. The zero-order valence-electron chi connectivity index (χ0n) is 10.4. The number of rotatable bonds is 2. The fraction of sp³-hybridized carbons (Fsp3) is 0.385. The number of alkyl halides is 1. The van der Waals surface area contributed by atoms with Crippen molar-refractivity contribution in [3.63, 3.8) is 0 Å². The molecule has 1 saturated heterocycles. The van der Waals surface area contributed by atoms with Gasteiger partial charge in [-0.25, -0.2) is 0 Å². The van der Waals surface area contributed by atoms with Gasteiger partial charge in [0, 0.05) is 37.4 Å². The summed E-state index contributed by atoms with van der Waals surface area (Å²) >= 11 is 6.34. The summed E-state index contributed by atoms with van der Waals surface area (Å²) in [6.07, 6.45) is 7.27. The number of hydrogen-bond acceptors (Lipinski definition) is 5. The normalized spacial score (nSPS) is 23.4. The molecule has 6 heteroatoms. The van der Waals surface area contributed by atoms with E-state index in [1.54, 1.807) is 18.6 Å². The summed E-state index contributed by atoms with van der Waals surface area (Å²) in [6, 6.07) is 3.87. The molecule has 2 aliphatic rings. The molecule has 1 atom stereocenters. The van der Waals surface area contributed by atoms with Crippen LogP contribution in [-0.2, 0) is 4.74 Å². The number of ether oxygens (including phenoxy) is 1. The second kappa shape index (κ2) is 5.59. The Balaban J connectivity index is 1.91. The predicted molar refractivity (Wildman–Crippen MR) is 75.3 cm³/mol. The van der Waals surface area contributed by atoms with E-state index < -0.39 is 5.62 Å². The first-order valence-corrected chi connectivity index (χ1v) is 6.69. The Kier molecular flexibility index (Phi) is 3.66. The fourth-order valence-electron chi connectivity index (χ4n) is 2.25. The van der Waals surface area contributed by atoms with Crippen molar-refractivity contribution in [1.29, 1.82) is 0 Å². The van der Waals surface area contributed by atoms with E-state index in [4.69, 9.17) is 16.3 Å². The third kappa shape index (κ3) is 2.57. The van der Waals surface area contributed by atoms with Crippen molar-refractivity contribution in [2.24, 2.45) is 4.99 Å². The molecule has 2 aliphatic heterocycles. The Morgan fingerprint density at radius 3 is 2.68 bits per heavy atom. The van der Waals surface area contributed by atoms with Crippen LogP contribution in [-0.4, -0.2) is 48.0 Å². The van der Waals surface area contributed by atoms with Gasteiger partial charge >= 0.3 is 0 Å². The summed E-state index contributed by atoms with van der Waals surface area (Å²) in [7, 11) is 0. The Morgan fingerprint density at radius 2 is 1.95 bits per heavy atom. The summed E-state index contributed by atoms with van der Waals surface area (Å²) < 4.78 is 5.39. The largest absolute Gasteiger partial charge is 0.378 e. The summed E-state index contributed by atoms with van der Waals surface area (Å²) in [6.45, 7) is 3.22. The van der Waals surface area contributed by atoms with Crippen LogP contribution in [0.15, 0.2) is 41.4 Å². The number of hydrogen-bond donors (Lipinski definition) is 0. The monoisotopic (exact) mass is 278 g/mol. The van der Waals surface area contributed by atoms with Crippen LogP contribution in [0.2, 0.25) is 0 Å². The highest BCUT2D eigenvalue weighted by atomic mass is 35.5. The first-order valence-electron chi connectivity index (χ1n) is 6.26. The standard InChI is InChI=1S/C13H15ClN4O/c14-13-16-6-3-12(17-7-9-19-10-8-17)18(13)11-1-4-15-5-2-11/h1-6,13H,7-10H2. The molecule has 0 bridgehead atoms. The maximum Gasteiger partial charge on any atom is 0.202 e. The van der Waals surface area contributed by atoms with Gasteiger partial charge in [0.15, 0.2) is 0 Å². The molecule has 100 valence electrons. The average molecular weight is 279 g/mol. The van der Waals surface area contributed by atoms with Gasteiger partial charge in [0.1, 0.15) is 5.82 Å². The maximum absolute atomic E-state index is 6.34. The first kappa shape index (κ1) is 12.4. The molecule has 19 heavy (non-hydrogen) atoms. The molecule has 0 radical (unpaired) electrons. The van der Waals surface area contributed by atoms with E-state index in [2.05, 4.69) is 14.9 Å². The van der Waals surface area contributed by atoms with Gasteiger partial charge in [-0.15, -0.1) is 0 Å². The predicted octanol–water partition coefficient (Wildman–Crippen LogP) is 1.67. The van der Waals surface area contributed by atoms with Crippen LogP contribution in [0.3, 0.4) is 0 Å². The number of pyridine rings is 1. The Hall–Kier alpha value is -1.59. The zero-order chi connectivity index (χ0) is 13.1. The number of anilines is 1. The minimum atomic E-state index is -0.426. The van der Waals surface area contributed by atoms with Crippen LogP contribution in [0.1, 0.15) is 0 Å². The van der Waals surface area contributed by atoms with Gasteiger partial charge in [0.25, 0.3) is 0 Å². The van der Waals surface area contributed by atoms with Crippen LogP contribution in [0, 0.1) is 0 Å². The lowest BCUT2D eigenvalue weighted by atomic mass is 10.3. The average Bonchev–Trinajstić information content (AvgIpc) is 2.49. The lowest BCUT2D eigenvalue weighted by Gasteiger charge is -2.39. The zero-order valence-corrected chi connectivity index (χ0v) is 11.2. The van der Waals surface area contributed by atoms with Crippen molar-refractivity contribution >= 4 is 23.5 Å². The molecule has 0 aliphatic carbocycles. The number of aromatic nitrogens is 1. The van der Waals surface area contributed by atoms with Crippen LogP contribution in [0.4, 0.5) is 5.69 Å². The van der Waals surface area contributed by atoms with E-state index in [0.29, 0.717) is 0 Å². The SMILES string of the molecule is ClC1N=CC=C(N2CCOCC2)N1c1ccncc1. The molecular formula is C13H15ClN4O. The van der Waals surface area contributed by atoms with Crippen LogP contribution < -0.4 is 4.90 Å². The number of nitrogens with zero attached hydrogens (tertiary/aromatic N) is 4. The lowest BCUT2D eigenvalue weighted by Crippen LogP contribution is -2.45. The van der Waals surface area contributed by atoms with Gasteiger partial charge in [-0.05, 0) is 18.2 Å². The van der Waals surface area contributed by atoms with Crippen LogP contribution >= 0.6 is 11.6 Å². The third-order valence-corrected chi connectivity index (χ3v) is 3.48. The molecule has 1 fully saturated rings. The molecule has 0 aromatic carbocycles. The second-order valence-corrected chi connectivity index (χ2v) is 4.70. The number of morpholine rings is 1. The van der Waals surface area contributed by atoms with Crippen molar-refractivity contribution < 1.29 is 4.74 Å². The maximum atomic E-state index is 6.34. The first-order chi connectivity index (χ1) is 9.36. The van der Waals surface area contributed by atoms with Crippen molar-refractivity contribution in [2.45, 2.75) is 5.62 Å². The van der Waals surface area contributed by atoms with Gasteiger partial charge in [0.05, 0.1) is 13.2 Å². The smallest absolute Gasteiger partial charge is 0.202 e. The molecule has 1 aromatic heterocycles. The van der Waals surface area contributed by atoms with Crippen molar-refractivity contribution in [1.82, 2.24) is 9.88 Å². The fourth-order valence-corrected chi connectivity index (χ4v) is 2.52. The van der Waals surface area contributed by atoms with Crippen molar-refractivity contribution in [2.75, 3.05) is 31.2 Å². The van der Waals surface area contributed by atoms with Gasteiger partial charge in [0.2, 0.25) is 5.62 Å². The quantitative estimate of drug-likeness (QED) is 0.610. The Morgan fingerprint density at radius 1 is 1.21 bits per heavy atom. The molecule has 1 aromatic rings. The van der Waals surface area contributed by atoms with E-state index in [-0.39, 0.29) is 0 Å².